The number of tetrazole rings is 1. The second kappa shape index (κ2) is 8.02. The first-order chi connectivity index (χ1) is 15.2. The molecule has 5 aromatic rings. The Morgan fingerprint density at radius 1 is 0.935 bits per heavy atom. The Morgan fingerprint density at radius 2 is 1.74 bits per heavy atom. The Hall–Kier alpha value is -4.00. The molecule has 2 aromatic heterocycles. The first-order valence-corrected chi connectivity index (χ1v) is 10.3. The number of nitrogens with zero attached hydrogens (tertiary/aromatic N) is 5. The third-order valence-corrected chi connectivity index (χ3v) is 5.34. The normalized spacial score (nSPS) is 11.2. The lowest BCUT2D eigenvalue weighted by Crippen LogP contribution is -2.05. The zero-order valence-corrected chi connectivity index (χ0v) is 17.4. The summed E-state index contributed by atoms with van der Waals surface area (Å²) in [6, 6.07) is 23.5. The number of nitrogens with one attached hydrogen (secondary N) is 1. The number of hydrogen-bond donors (Lipinski definition) is 1. The van der Waals surface area contributed by atoms with Gasteiger partial charge in [-0.15, -0.1) is 5.10 Å². The summed E-state index contributed by atoms with van der Waals surface area (Å²) in [5.41, 5.74) is 7.56. The summed E-state index contributed by atoms with van der Waals surface area (Å²) in [7, 11) is 0. The molecule has 3 aromatic carbocycles. The van der Waals surface area contributed by atoms with Crippen LogP contribution in [0, 0.1) is 6.92 Å². The van der Waals surface area contributed by atoms with Gasteiger partial charge in [-0.05, 0) is 52.6 Å². The third-order valence-electron chi connectivity index (χ3n) is 5.34. The second-order valence-electron chi connectivity index (χ2n) is 7.35. The number of fused-ring (bicyclic) bond motifs is 1. The van der Waals surface area contributed by atoms with Gasteiger partial charge in [-0.1, -0.05) is 60.7 Å². The van der Waals surface area contributed by atoms with Crippen molar-refractivity contribution >= 4 is 11.0 Å². The van der Waals surface area contributed by atoms with Gasteiger partial charge in [0.25, 0.3) is 6.01 Å². The van der Waals surface area contributed by atoms with Crippen LogP contribution in [0.4, 0.5) is 0 Å². The quantitative estimate of drug-likeness (QED) is 0.441. The highest BCUT2D eigenvalue weighted by Crippen LogP contribution is 2.30. The standard InChI is InChI=1S/C24H22N6O/c1-3-31-24-25-21-10-6-7-16(2)22(21)30(24)15-17-11-13-18(14-12-17)19-8-4-5-9-20(19)23-26-28-29-27-23/h4-14H,3,15H2,1-2H3,(H,26,27,28,29). The van der Waals surface area contributed by atoms with Crippen molar-refractivity contribution in [3.8, 4) is 28.5 Å². The van der Waals surface area contributed by atoms with Gasteiger partial charge in [-0.3, -0.25) is 4.57 Å². The molecule has 0 aliphatic carbocycles. The summed E-state index contributed by atoms with van der Waals surface area (Å²) < 4.78 is 7.98. The minimum atomic E-state index is 0.578. The van der Waals surface area contributed by atoms with Crippen LogP contribution < -0.4 is 4.74 Å². The van der Waals surface area contributed by atoms with E-state index in [0.717, 1.165) is 27.7 Å². The van der Waals surface area contributed by atoms with E-state index in [4.69, 9.17) is 4.74 Å². The second-order valence-corrected chi connectivity index (χ2v) is 7.35. The maximum atomic E-state index is 5.83. The van der Waals surface area contributed by atoms with Gasteiger partial charge in [0.15, 0.2) is 5.82 Å². The summed E-state index contributed by atoms with van der Waals surface area (Å²) in [5, 5.41) is 14.3. The van der Waals surface area contributed by atoms with Crippen molar-refractivity contribution in [1.82, 2.24) is 30.2 Å². The summed E-state index contributed by atoms with van der Waals surface area (Å²) >= 11 is 0. The molecular formula is C24H22N6O. The van der Waals surface area contributed by atoms with E-state index in [1.54, 1.807) is 0 Å². The molecule has 0 unspecified atom stereocenters. The number of benzene rings is 3. The molecule has 31 heavy (non-hydrogen) atoms. The number of aryl methyl sites for hydroxylation is 1. The maximum Gasteiger partial charge on any atom is 0.297 e. The number of ether oxygens (including phenoxy) is 1. The molecule has 7 heteroatoms. The minimum absolute atomic E-state index is 0.578. The molecule has 0 aliphatic rings. The predicted molar refractivity (Wildman–Crippen MR) is 120 cm³/mol. The molecule has 7 nitrogen and oxygen atoms in total. The van der Waals surface area contributed by atoms with Crippen molar-refractivity contribution in [3.63, 3.8) is 0 Å². The molecule has 2 heterocycles. The Balaban J connectivity index is 1.50. The van der Waals surface area contributed by atoms with Crippen molar-refractivity contribution in [3.05, 3.63) is 77.9 Å². The van der Waals surface area contributed by atoms with Crippen LogP contribution in [0.15, 0.2) is 66.7 Å². The van der Waals surface area contributed by atoms with Gasteiger partial charge in [0.2, 0.25) is 0 Å². The number of rotatable bonds is 6. The van der Waals surface area contributed by atoms with Crippen LogP contribution in [0.1, 0.15) is 18.1 Å². The molecule has 0 radical (unpaired) electrons. The molecule has 5 rings (SSSR count). The van der Waals surface area contributed by atoms with E-state index in [1.165, 1.54) is 11.1 Å². The van der Waals surface area contributed by atoms with E-state index < -0.39 is 0 Å². The average molecular weight is 410 g/mol. The molecular weight excluding hydrogens is 388 g/mol. The lowest BCUT2D eigenvalue weighted by atomic mass is 9.98. The van der Waals surface area contributed by atoms with Crippen molar-refractivity contribution < 1.29 is 4.74 Å². The summed E-state index contributed by atoms with van der Waals surface area (Å²) in [6.07, 6.45) is 0. The number of aromatic nitrogens is 6. The van der Waals surface area contributed by atoms with E-state index in [9.17, 15) is 0 Å². The molecule has 1 N–H and O–H groups in total. The van der Waals surface area contributed by atoms with Crippen LogP contribution in [0.3, 0.4) is 0 Å². The van der Waals surface area contributed by atoms with Gasteiger partial charge < -0.3 is 4.74 Å². The fourth-order valence-corrected chi connectivity index (χ4v) is 3.92. The fraction of sp³-hybridized carbons (Fsp3) is 0.167. The SMILES string of the molecule is CCOc1nc2cccc(C)c2n1Cc1ccc(-c2ccccc2-c2nnn[nH]2)cc1. The lowest BCUT2D eigenvalue weighted by Gasteiger charge is -2.12. The van der Waals surface area contributed by atoms with Crippen LogP contribution in [-0.2, 0) is 6.54 Å². The third kappa shape index (κ3) is 3.54. The summed E-state index contributed by atoms with van der Waals surface area (Å²) in [6.45, 7) is 5.35. The zero-order valence-electron chi connectivity index (χ0n) is 17.4. The Morgan fingerprint density at radius 3 is 2.48 bits per heavy atom. The number of imidazole rings is 1. The van der Waals surface area contributed by atoms with Gasteiger partial charge in [-0.25, -0.2) is 5.10 Å². The first kappa shape index (κ1) is 19.0. The smallest absolute Gasteiger partial charge is 0.297 e. The van der Waals surface area contributed by atoms with Crippen LogP contribution in [0.25, 0.3) is 33.5 Å². The molecule has 154 valence electrons. The van der Waals surface area contributed by atoms with Gasteiger partial charge in [0.05, 0.1) is 24.2 Å². The van der Waals surface area contributed by atoms with Crippen LogP contribution in [-0.4, -0.2) is 36.8 Å². The lowest BCUT2D eigenvalue weighted by molar-refractivity contribution is 0.301. The zero-order chi connectivity index (χ0) is 21.2. The van der Waals surface area contributed by atoms with Crippen molar-refractivity contribution in [2.75, 3.05) is 6.61 Å². The molecule has 0 saturated heterocycles. The van der Waals surface area contributed by atoms with E-state index in [0.29, 0.717) is 25.0 Å². The van der Waals surface area contributed by atoms with Gasteiger partial charge >= 0.3 is 0 Å². The molecule has 0 aliphatic heterocycles. The average Bonchev–Trinajstić information content (AvgIpc) is 3.44. The molecule has 0 fully saturated rings. The molecule has 0 saturated carbocycles. The van der Waals surface area contributed by atoms with Gasteiger partial charge in [-0.2, -0.15) is 4.98 Å². The Labute approximate surface area is 179 Å². The van der Waals surface area contributed by atoms with E-state index >= 15 is 0 Å². The topological polar surface area (TPSA) is 81.5 Å². The predicted octanol–water partition coefficient (Wildman–Crippen LogP) is 4.64. The van der Waals surface area contributed by atoms with E-state index in [-0.39, 0.29) is 0 Å². The summed E-state index contributed by atoms with van der Waals surface area (Å²) in [4.78, 5) is 4.68. The highest BCUT2D eigenvalue weighted by molar-refractivity contribution is 5.81. The highest BCUT2D eigenvalue weighted by Gasteiger charge is 2.14. The van der Waals surface area contributed by atoms with Gasteiger partial charge in [0.1, 0.15) is 0 Å². The number of hydrogen-bond acceptors (Lipinski definition) is 5. The molecule has 0 amide bonds. The number of para-hydroxylation sites is 1. The van der Waals surface area contributed by atoms with Crippen molar-refractivity contribution in [2.24, 2.45) is 0 Å². The van der Waals surface area contributed by atoms with Crippen molar-refractivity contribution in [1.29, 1.82) is 0 Å². The van der Waals surface area contributed by atoms with E-state index in [1.807, 2.05) is 37.3 Å². The van der Waals surface area contributed by atoms with E-state index in [2.05, 4.69) is 73.5 Å². The number of H-pyrrole nitrogens is 1. The van der Waals surface area contributed by atoms with Gasteiger partial charge in [0, 0.05) is 5.56 Å². The highest BCUT2D eigenvalue weighted by atomic mass is 16.5. The van der Waals surface area contributed by atoms with Crippen LogP contribution in [0.2, 0.25) is 0 Å². The molecule has 0 atom stereocenters. The largest absolute Gasteiger partial charge is 0.465 e. The summed E-state index contributed by atoms with van der Waals surface area (Å²) in [5.74, 6) is 0.654. The Kier molecular flexibility index (Phi) is 4.92. The maximum absolute atomic E-state index is 5.83. The fourth-order valence-electron chi connectivity index (χ4n) is 3.92. The van der Waals surface area contributed by atoms with Crippen LogP contribution >= 0.6 is 0 Å². The van der Waals surface area contributed by atoms with Crippen LogP contribution in [0.5, 0.6) is 6.01 Å². The minimum Gasteiger partial charge on any atom is -0.465 e. The first-order valence-electron chi connectivity index (χ1n) is 10.3. The molecule has 0 bridgehead atoms. The Bertz CT molecular complexity index is 1320. The van der Waals surface area contributed by atoms with Crippen molar-refractivity contribution in [2.45, 2.75) is 20.4 Å². The molecule has 0 spiro atoms. The monoisotopic (exact) mass is 410 g/mol. The number of aromatic amines is 1.